The quantitative estimate of drug-likeness (QED) is 0.681. The normalized spacial score (nSPS) is 11.2. The summed E-state index contributed by atoms with van der Waals surface area (Å²) in [7, 11) is 3.17. The second kappa shape index (κ2) is 3.41. The Labute approximate surface area is 96.9 Å². The number of benzene rings is 1. The molecule has 0 bridgehead atoms. The van der Waals surface area contributed by atoms with Gasteiger partial charge in [-0.2, -0.15) is 0 Å². The SMILES string of the molecule is COc1c2ccoc2c(OC)c2oc(C)nc12. The van der Waals surface area contributed by atoms with Gasteiger partial charge in [0.1, 0.15) is 0 Å². The Morgan fingerprint density at radius 2 is 1.88 bits per heavy atom. The minimum absolute atomic E-state index is 0.543. The summed E-state index contributed by atoms with van der Waals surface area (Å²) in [4.78, 5) is 4.31. The highest BCUT2D eigenvalue weighted by Gasteiger charge is 2.22. The van der Waals surface area contributed by atoms with Gasteiger partial charge in [0.25, 0.3) is 0 Å². The second-order valence-corrected chi connectivity index (χ2v) is 3.64. The molecule has 0 radical (unpaired) electrons. The van der Waals surface area contributed by atoms with Crippen molar-refractivity contribution in [3.63, 3.8) is 0 Å². The molecule has 0 N–H and O–H groups in total. The Hall–Kier alpha value is -2.17. The number of rotatable bonds is 2. The van der Waals surface area contributed by atoms with Crippen molar-refractivity contribution in [3.8, 4) is 11.5 Å². The lowest BCUT2D eigenvalue weighted by molar-refractivity contribution is 0.401. The maximum atomic E-state index is 5.53. The van der Waals surface area contributed by atoms with E-state index in [4.69, 9.17) is 18.3 Å². The van der Waals surface area contributed by atoms with Gasteiger partial charge >= 0.3 is 0 Å². The zero-order valence-electron chi connectivity index (χ0n) is 9.73. The molecule has 17 heavy (non-hydrogen) atoms. The summed E-state index contributed by atoms with van der Waals surface area (Å²) in [6.45, 7) is 1.78. The molecule has 1 aromatic carbocycles. The summed E-state index contributed by atoms with van der Waals surface area (Å²) < 4.78 is 21.6. The predicted octanol–water partition coefficient (Wildman–Crippen LogP) is 2.90. The van der Waals surface area contributed by atoms with Gasteiger partial charge in [0, 0.05) is 6.92 Å². The first-order valence-corrected chi connectivity index (χ1v) is 5.14. The molecule has 0 fully saturated rings. The van der Waals surface area contributed by atoms with Crippen molar-refractivity contribution in [1.29, 1.82) is 0 Å². The molecule has 0 spiro atoms. The van der Waals surface area contributed by atoms with Crippen LogP contribution in [0.5, 0.6) is 11.5 Å². The fourth-order valence-electron chi connectivity index (χ4n) is 2.02. The van der Waals surface area contributed by atoms with E-state index < -0.39 is 0 Å². The third-order valence-corrected chi connectivity index (χ3v) is 2.68. The van der Waals surface area contributed by atoms with Gasteiger partial charge in [-0.25, -0.2) is 4.98 Å². The van der Waals surface area contributed by atoms with Crippen molar-refractivity contribution in [3.05, 3.63) is 18.2 Å². The van der Waals surface area contributed by atoms with Crippen molar-refractivity contribution in [1.82, 2.24) is 4.98 Å². The molecule has 88 valence electrons. The van der Waals surface area contributed by atoms with Gasteiger partial charge in [0.15, 0.2) is 22.7 Å². The Morgan fingerprint density at radius 3 is 2.59 bits per heavy atom. The molecular formula is C12H11NO4. The summed E-state index contributed by atoms with van der Waals surface area (Å²) in [6.07, 6.45) is 1.58. The number of furan rings is 1. The molecule has 2 heterocycles. The van der Waals surface area contributed by atoms with Crippen molar-refractivity contribution >= 4 is 22.1 Å². The van der Waals surface area contributed by atoms with E-state index in [9.17, 15) is 0 Å². The third kappa shape index (κ3) is 1.22. The van der Waals surface area contributed by atoms with Crippen LogP contribution in [0.3, 0.4) is 0 Å². The van der Waals surface area contributed by atoms with Crippen LogP contribution in [0, 0.1) is 6.92 Å². The van der Waals surface area contributed by atoms with Crippen LogP contribution >= 0.6 is 0 Å². The van der Waals surface area contributed by atoms with E-state index in [0.29, 0.717) is 34.1 Å². The summed E-state index contributed by atoms with van der Waals surface area (Å²) in [6, 6.07) is 1.82. The van der Waals surface area contributed by atoms with Crippen LogP contribution < -0.4 is 9.47 Å². The van der Waals surface area contributed by atoms with Crippen LogP contribution in [0.1, 0.15) is 5.89 Å². The number of hydrogen-bond acceptors (Lipinski definition) is 5. The lowest BCUT2D eigenvalue weighted by Gasteiger charge is -2.05. The highest BCUT2D eigenvalue weighted by atomic mass is 16.5. The van der Waals surface area contributed by atoms with E-state index in [-0.39, 0.29) is 0 Å². The molecule has 0 saturated heterocycles. The largest absolute Gasteiger partial charge is 0.494 e. The molecule has 5 heteroatoms. The van der Waals surface area contributed by atoms with Gasteiger partial charge in [0.2, 0.25) is 11.3 Å². The molecule has 0 amide bonds. The molecule has 2 aromatic heterocycles. The lowest BCUT2D eigenvalue weighted by Crippen LogP contribution is -1.89. The van der Waals surface area contributed by atoms with Crippen LogP contribution in [0.25, 0.3) is 22.1 Å². The number of aryl methyl sites for hydroxylation is 1. The number of nitrogens with zero attached hydrogens (tertiary/aromatic N) is 1. The molecule has 0 aliphatic carbocycles. The monoisotopic (exact) mass is 233 g/mol. The topological polar surface area (TPSA) is 57.6 Å². The van der Waals surface area contributed by atoms with E-state index in [1.807, 2.05) is 6.07 Å². The molecule has 3 rings (SSSR count). The van der Waals surface area contributed by atoms with Crippen LogP contribution in [0.15, 0.2) is 21.2 Å². The van der Waals surface area contributed by atoms with Gasteiger partial charge in [-0.3, -0.25) is 0 Å². The van der Waals surface area contributed by atoms with Crippen LogP contribution in [0.4, 0.5) is 0 Å². The van der Waals surface area contributed by atoms with Crippen molar-refractivity contribution in [2.24, 2.45) is 0 Å². The maximum absolute atomic E-state index is 5.53. The first-order chi connectivity index (χ1) is 8.26. The number of fused-ring (bicyclic) bond motifs is 2. The number of methoxy groups -OCH3 is 2. The second-order valence-electron chi connectivity index (χ2n) is 3.64. The van der Waals surface area contributed by atoms with Gasteiger partial charge in [0.05, 0.1) is 25.9 Å². The third-order valence-electron chi connectivity index (χ3n) is 2.68. The molecule has 3 aromatic rings. The van der Waals surface area contributed by atoms with E-state index in [1.54, 1.807) is 27.4 Å². The Balaban J connectivity index is 2.59. The van der Waals surface area contributed by atoms with E-state index in [1.165, 1.54) is 0 Å². The van der Waals surface area contributed by atoms with Crippen molar-refractivity contribution in [2.75, 3.05) is 14.2 Å². The molecular weight excluding hydrogens is 222 g/mol. The Kier molecular flexibility index (Phi) is 2.01. The minimum Gasteiger partial charge on any atom is -0.494 e. The molecule has 5 nitrogen and oxygen atoms in total. The zero-order chi connectivity index (χ0) is 12.0. The highest BCUT2D eigenvalue weighted by Crippen LogP contribution is 2.42. The van der Waals surface area contributed by atoms with Crippen LogP contribution in [-0.2, 0) is 0 Å². The van der Waals surface area contributed by atoms with Gasteiger partial charge < -0.3 is 18.3 Å². The molecule has 0 saturated carbocycles. The zero-order valence-corrected chi connectivity index (χ0v) is 9.73. The highest BCUT2D eigenvalue weighted by molar-refractivity contribution is 6.05. The fourth-order valence-corrected chi connectivity index (χ4v) is 2.02. The standard InChI is InChI=1S/C12H11NO4/c1-6-13-8-9(14-2)7-4-5-16-10(7)12(15-3)11(8)17-6/h4-5H,1-3H3. The lowest BCUT2D eigenvalue weighted by atomic mass is 10.2. The number of ether oxygens (including phenoxy) is 2. The molecule has 0 aliphatic heterocycles. The molecule has 0 unspecified atom stereocenters. The molecule has 0 aliphatic rings. The van der Waals surface area contributed by atoms with Crippen molar-refractivity contribution < 1.29 is 18.3 Å². The van der Waals surface area contributed by atoms with E-state index >= 15 is 0 Å². The van der Waals surface area contributed by atoms with E-state index in [0.717, 1.165) is 5.39 Å². The Bertz CT molecular complexity index is 639. The summed E-state index contributed by atoms with van der Waals surface area (Å²) in [5.74, 6) is 1.74. The summed E-state index contributed by atoms with van der Waals surface area (Å²) in [5, 5.41) is 0.824. The first-order valence-electron chi connectivity index (χ1n) is 5.14. The first kappa shape index (κ1) is 10.0. The average Bonchev–Trinajstić information content (AvgIpc) is 2.91. The van der Waals surface area contributed by atoms with Crippen LogP contribution in [0.2, 0.25) is 0 Å². The van der Waals surface area contributed by atoms with Gasteiger partial charge in [-0.05, 0) is 6.07 Å². The number of aromatic nitrogens is 1. The fraction of sp³-hybridized carbons (Fsp3) is 0.250. The van der Waals surface area contributed by atoms with Gasteiger partial charge in [-0.1, -0.05) is 0 Å². The maximum Gasteiger partial charge on any atom is 0.207 e. The van der Waals surface area contributed by atoms with Crippen molar-refractivity contribution in [2.45, 2.75) is 6.92 Å². The predicted molar refractivity (Wildman–Crippen MR) is 61.6 cm³/mol. The van der Waals surface area contributed by atoms with Crippen LogP contribution in [-0.4, -0.2) is 19.2 Å². The summed E-state index contributed by atoms with van der Waals surface area (Å²) in [5.41, 5.74) is 1.80. The van der Waals surface area contributed by atoms with E-state index in [2.05, 4.69) is 4.98 Å². The van der Waals surface area contributed by atoms with Gasteiger partial charge in [-0.15, -0.1) is 0 Å². The molecule has 0 atom stereocenters. The smallest absolute Gasteiger partial charge is 0.207 e. The minimum atomic E-state index is 0.543. The Morgan fingerprint density at radius 1 is 1.12 bits per heavy atom. The average molecular weight is 233 g/mol. The summed E-state index contributed by atoms with van der Waals surface area (Å²) >= 11 is 0. The number of hydrogen-bond donors (Lipinski definition) is 0. The number of oxazole rings is 1.